The number of fused-ring (bicyclic) bond motifs is 1. The average molecular weight is 340 g/mol. The largest absolute Gasteiger partial charge is 0.485 e. The second kappa shape index (κ2) is 6.68. The van der Waals surface area contributed by atoms with Crippen molar-refractivity contribution in [2.45, 2.75) is 44.9 Å². The molecule has 1 aromatic carbocycles. The van der Waals surface area contributed by atoms with E-state index in [1.165, 1.54) is 12.8 Å². The Hall–Kier alpha value is -2.67. The third kappa shape index (κ3) is 3.02. The Morgan fingerprint density at radius 1 is 1.28 bits per heavy atom. The van der Waals surface area contributed by atoms with Gasteiger partial charge in [-0.25, -0.2) is 9.67 Å². The SMILES string of the molecule is O=c1[nH]c(COc2ccccc2CO)nc2c1cnn2C1CCCC1. The molecule has 0 unspecified atom stereocenters. The number of aliphatic hydroxyl groups is 1. The molecular formula is C18H20N4O3. The standard InChI is InChI=1S/C18H20N4O3/c23-10-12-5-1-4-8-15(12)25-11-16-20-17-14(18(24)21-16)9-19-22(17)13-6-2-3-7-13/h1,4-5,8-9,13,23H,2-3,6-7,10-11H2,(H,20,21,24). The molecule has 1 fully saturated rings. The molecule has 2 N–H and O–H groups in total. The molecule has 130 valence electrons. The van der Waals surface area contributed by atoms with E-state index in [-0.39, 0.29) is 18.8 Å². The second-order valence-corrected chi connectivity index (χ2v) is 6.33. The number of nitrogens with zero attached hydrogens (tertiary/aromatic N) is 3. The molecule has 1 aliphatic rings. The van der Waals surface area contributed by atoms with Crippen LogP contribution in [0.3, 0.4) is 0 Å². The van der Waals surface area contributed by atoms with Crippen LogP contribution in [0, 0.1) is 0 Å². The predicted molar refractivity (Wildman–Crippen MR) is 92.4 cm³/mol. The van der Waals surface area contributed by atoms with Gasteiger partial charge in [-0.3, -0.25) is 4.79 Å². The Balaban J connectivity index is 1.63. The Morgan fingerprint density at radius 3 is 2.88 bits per heavy atom. The van der Waals surface area contributed by atoms with Gasteiger partial charge in [-0.05, 0) is 18.9 Å². The number of H-pyrrole nitrogens is 1. The minimum atomic E-state index is -0.205. The van der Waals surface area contributed by atoms with Crippen LogP contribution in [-0.4, -0.2) is 24.9 Å². The summed E-state index contributed by atoms with van der Waals surface area (Å²) in [6, 6.07) is 7.57. The van der Waals surface area contributed by atoms with Crippen molar-refractivity contribution in [2.24, 2.45) is 0 Å². The lowest BCUT2D eigenvalue weighted by Gasteiger charge is -2.12. The fraction of sp³-hybridized carbons (Fsp3) is 0.389. The maximum atomic E-state index is 12.3. The van der Waals surface area contributed by atoms with Crippen LogP contribution in [0.25, 0.3) is 11.0 Å². The highest BCUT2D eigenvalue weighted by Crippen LogP contribution is 2.30. The van der Waals surface area contributed by atoms with Crippen molar-refractivity contribution in [3.63, 3.8) is 0 Å². The molecule has 0 spiro atoms. The van der Waals surface area contributed by atoms with E-state index in [1.807, 2.05) is 16.8 Å². The number of benzene rings is 1. The Labute approximate surface area is 144 Å². The molecule has 1 saturated carbocycles. The van der Waals surface area contributed by atoms with Crippen molar-refractivity contribution in [1.82, 2.24) is 19.7 Å². The van der Waals surface area contributed by atoms with Gasteiger partial charge in [-0.1, -0.05) is 31.0 Å². The van der Waals surface area contributed by atoms with Crippen molar-refractivity contribution in [2.75, 3.05) is 0 Å². The van der Waals surface area contributed by atoms with Gasteiger partial charge >= 0.3 is 0 Å². The molecule has 7 heteroatoms. The van der Waals surface area contributed by atoms with Crippen LogP contribution in [0.15, 0.2) is 35.3 Å². The van der Waals surface area contributed by atoms with Crippen LogP contribution in [0.5, 0.6) is 5.75 Å². The monoisotopic (exact) mass is 340 g/mol. The van der Waals surface area contributed by atoms with Crippen molar-refractivity contribution < 1.29 is 9.84 Å². The lowest BCUT2D eigenvalue weighted by molar-refractivity contribution is 0.255. The minimum absolute atomic E-state index is 0.104. The molecule has 3 aromatic rings. The van der Waals surface area contributed by atoms with Gasteiger partial charge in [0.05, 0.1) is 18.8 Å². The van der Waals surface area contributed by atoms with Crippen LogP contribution in [0.2, 0.25) is 0 Å². The Kier molecular flexibility index (Phi) is 4.23. The number of para-hydroxylation sites is 1. The van der Waals surface area contributed by atoms with Gasteiger partial charge < -0.3 is 14.8 Å². The minimum Gasteiger partial charge on any atom is -0.485 e. The Bertz CT molecular complexity index is 941. The summed E-state index contributed by atoms with van der Waals surface area (Å²) in [5.74, 6) is 1.03. The van der Waals surface area contributed by atoms with Crippen LogP contribution in [0.4, 0.5) is 0 Å². The first-order valence-corrected chi connectivity index (χ1v) is 8.54. The van der Waals surface area contributed by atoms with Crippen LogP contribution >= 0.6 is 0 Å². The summed E-state index contributed by atoms with van der Waals surface area (Å²) in [4.78, 5) is 19.6. The lowest BCUT2D eigenvalue weighted by Crippen LogP contribution is -2.15. The summed E-state index contributed by atoms with van der Waals surface area (Å²) < 4.78 is 7.62. The number of rotatable bonds is 5. The van der Waals surface area contributed by atoms with Crippen LogP contribution < -0.4 is 10.3 Å². The Morgan fingerprint density at radius 2 is 2.08 bits per heavy atom. The number of nitrogens with one attached hydrogen (secondary N) is 1. The van der Waals surface area contributed by atoms with Gasteiger partial charge in [0.2, 0.25) is 0 Å². The molecule has 4 rings (SSSR count). The first-order chi connectivity index (χ1) is 12.3. The van der Waals surface area contributed by atoms with E-state index in [0.717, 1.165) is 12.8 Å². The molecule has 1 aliphatic carbocycles. The normalized spacial score (nSPS) is 15.1. The molecule has 0 atom stereocenters. The fourth-order valence-corrected chi connectivity index (χ4v) is 3.39. The third-order valence-electron chi connectivity index (χ3n) is 4.69. The first kappa shape index (κ1) is 15.8. The van der Waals surface area contributed by atoms with Crippen molar-refractivity contribution in [3.05, 3.63) is 52.2 Å². The number of hydrogen-bond acceptors (Lipinski definition) is 5. The van der Waals surface area contributed by atoms with Crippen LogP contribution in [0.1, 0.15) is 43.1 Å². The summed E-state index contributed by atoms with van der Waals surface area (Å²) in [6.07, 6.45) is 6.10. The lowest BCUT2D eigenvalue weighted by atomic mass is 10.2. The number of aromatic amines is 1. The third-order valence-corrected chi connectivity index (χ3v) is 4.69. The van der Waals surface area contributed by atoms with Crippen molar-refractivity contribution in [1.29, 1.82) is 0 Å². The summed E-state index contributed by atoms with van der Waals surface area (Å²) in [5, 5.41) is 14.3. The zero-order valence-corrected chi connectivity index (χ0v) is 13.8. The van der Waals surface area contributed by atoms with E-state index >= 15 is 0 Å². The van der Waals surface area contributed by atoms with Gasteiger partial charge in [0.25, 0.3) is 5.56 Å². The molecule has 2 aromatic heterocycles. The van der Waals surface area contributed by atoms with E-state index in [9.17, 15) is 9.90 Å². The highest BCUT2D eigenvalue weighted by molar-refractivity contribution is 5.73. The smallest absolute Gasteiger partial charge is 0.262 e. The number of aliphatic hydroxyl groups excluding tert-OH is 1. The van der Waals surface area contributed by atoms with Gasteiger partial charge in [-0.15, -0.1) is 0 Å². The van der Waals surface area contributed by atoms with E-state index < -0.39 is 0 Å². The van der Waals surface area contributed by atoms with Gasteiger partial charge in [-0.2, -0.15) is 5.10 Å². The molecule has 0 aliphatic heterocycles. The van der Waals surface area contributed by atoms with Crippen molar-refractivity contribution in [3.8, 4) is 5.75 Å². The summed E-state index contributed by atoms with van der Waals surface area (Å²) in [7, 11) is 0. The fourth-order valence-electron chi connectivity index (χ4n) is 3.39. The molecule has 0 bridgehead atoms. The van der Waals surface area contributed by atoms with Crippen LogP contribution in [-0.2, 0) is 13.2 Å². The maximum Gasteiger partial charge on any atom is 0.262 e. The summed E-state index contributed by atoms with van der Waals surface area (Å²) in [6.45, 7) is 0.0195. The predicted octanol–water partition coefficient (Wildman–Crippen LogP) is 2.31. The van der Waals surface area contributed by atoms with Gasteiger partial charge in [0.15, 0.2) is 5.65 Å². The number of hydrogen-bond donors (Lipinski definition) is 2. The second-order valence-electron chi connectivity index (χ2n) is 6.33. The van der Waals surface area contributed by atoms with E-state index in [4.69, 9.17) is 4.74 Å². The maximum absolute atomic E-state index is 12.3. The van der Waals surface area contributed by atoms with E-state index in [1.54, 1.807) is 18.3 Å². The van der Waals surface area contributed by atoms with Gasteiger partial charge in [0.1, 0.15) is 23.6 Å². The highest BCUT2D eigenvalue weighted by Gasteiger charge is 2.21. The van der Waals surface area contributed by atoms with E-state index in [0.29, 0.717) is 34.2 Å². The molecule has 0 radical (unpaired) electrons. The quantitative estimate of drug-likeness (QED) is 0.743. The van der Waals surface area contributed by atoms with Crippen molar-refractivity contribution >= 4 is 11.0 Å². The first-order valence-electron chi connectivity index (χ1n) is 8.54. The highest BCUT2D eigenvalue weighted by atomic mass is 16.5. The molecule has 2 heterocycles. The zero-order chi connectivity index (χ0) is 17.2. The molecular weight excluding hydrogens is 320 g/mol. The summed E-state index contributed by atoms with van der Waals surface area (Å²) in [5.41, 5.74) is 1.11. The van der Waals surface area contributed by atoms with E-state index in [2.05, 4.69) is 15.1 Å². The number of ether oxygens (including phenoxy) is 1. The zero-order valence-electron chi connectivity index (χ0n) is 13.8. The molecule has 0 saturated heterocycles. The molecule has 0 amide bonds. The molecule has 25 heavy (non-hydrogen) atoms. The number of aromatic nitrogens is 4. The average Bonchev–Trinajstić information content (AvgIpc) is 3.29. The summed E-state index contributed by atoms with van der Waals surface area (Å²) >= 11 is 0. The van der Waals surface area contributed by atoms with Gasteiger partial charge in [0, 0.05) is 5.56 Å². The topological polar surface area (TPSA) is 93.0 Å². The molecule has 7 nitrogen and oxygen atoms in total.